The standard InChI is InChI=1S/C19H21NO4/c1-3-13-8-7-9-14(4-2)18(13)20-17(22)12-24-19(23)15-10-5-6-11-16(15)21/h5-11,21H,3-4,12H2,1-2H3,(H,20,22). The highest BCUT2D eigenvalue weighted by atomic mass is 16.5. The van der Waals surface area contributed by atoms with E-state index in [4.69, 9.17) is 4.74 Å². The molecule has 126 valence electrons. The molecule has 1 amide bonds. The highest BCUT2D eigenvalue weighted by molar-refractivity contribution is 5.97. The average molecular weight is 327 g/mol. The lowest BCUT2D eigenvalue weighted by molar-refractivity contribution is -0.119. The Balaban J connectivity index is 2.02. The minimum absolute atomic E-state index is 0.0357. The molecule has 2 aromatic rings. The van der Waals surface area contributed by atoms with Gasteiger partial charge in [-0.15, -0.1) is 0 Å². The third-order valence-electron chi connectivity index (χ3n) is 3.72. The quantitative estimate of drug-likeness (QED) is 0.798. The summed E-state index contributed by atoms with van der Waals surface area (Å²) in [6, 6.07) is 11.9. The van der Waals surface area contributed by atoms with Gasteiger partial charge in [-0.3, -0.25) is 4.79 Å². The summed E-state index contributed by atoms with van der Waals surface area (Å²) in [6.07, 6.45) is 1.59. The predicted octanol–water partition coefficient (Wildman–Crippen LogP) is 3.31. The van der Waals surface area contributed by atoms with Crippen LogP contribution in [0.5, 0.6) is 5.75 Å². The summed E-state index contributed by atoms with van der Waals surface area (Å²) in [6.45, 7) is 3.62. The molecule has 0 aliphatic heterocycles. The van der Waals surface area contributed by atoms with E-state index >= 15 is 0 Å². The summed E-state index contributed by atoms with van der Waals surface area (Å²) in [5, 5.41) is 12.4. The number of hydrogen-bond acceptors (Lipinski definition) is 4. The topological polar surface area (TPSA) is 75.6 Å². The van der Waals surface area contributed by atoms with Gasteiger partial charge in [0, 0.05) is 5.69 Å². The zero-order valence-corrected chi connectivity index (χ0v) is 13.8. The van der Waals surface area contributed by atoms with Crippen molar-refractivity contribution in [1.29, 1.82) is 0 Å². The number of aryl methyl sites for hydroxylation is 2. The Kier molecular flexibility index (Phi) is 5.95. The number of ether oxygens (including phenoxy) is 1. The molecule has 0 aliphatic carbocycles. The van der Waals surface area contributed by atoms with Crippen LogP contribution in [-0.4, -0.2) is 23.6 Å². The van der Waals surface area contributed by atoms with Gasteiger partial charge in [0.1, 0.15) is 11.3 Å². The number of esters is 1. The maximum atomic E-state index is 12.1. The molecule has 0 spiro atoms. The maximum absolute atomic E-state index is 12.1. The van der Waals surface area contributed by atoms with Gasteiger partial charge in [0.25, 0.3) is 5.91 Å². The van der Waals surface area contributed by atoms with Crippen molar-refractivity contribution in [1.82, 2.24) is 0 Å². The normalized spacial score (nSPS) is 10.2. The first-order valence-corrected chi connectivity index (χ1v) is 7.92. The molecule has 0 aliphatic rings. The van der Waals surface area contributed by atoms with Gasteiger partial charge in [-0.2, -0.15) is 0 Å². The number of aromatic hydroxyl groups is 1. The summed E-state index contributed by atoms with van der Waals surface area (Å²) in [5.41, 5.74) is 2.89. The highest BCUT2D eigenvalue weighted by Gasteiger charge is 2.15. The molecule has 2 aromatic carbocycles. The zero-order chi connectivity index (χ0) is 17.5. The minimum atomic E-state index is -0.734. The van der Waals surface area contributed by atoms with Crippen molar-refractivity contribution in [2.45, 2.75) is 26.7 Å². The van der Waals surface area contributed by atoms with Gasteiger partial charge < -0.3 is 15.2 Å². The highest BCUT2D eigenvalue weighted by Crippen LogP contribution is 2.22. The lowest BCUT2D eigenvalue weighted by Crippen LogP contribution is -2.22. The van der Waals surface area contributed by atoms with E-state index < -0.39 is 18.5 Å². The molecule has 0 fully saturated rings. The summed E-state index contributed by atoms with van der Waals surface area (Å²) < 4.78 is 4.98. The largest absolute Gasteiger partial charge is 0.507 e. The van der Waals surface area contributed by atoms with E-state index in [1.165, 1.54) is 12.1 Å². The van der Waals surface area contributed by atoms with Crippen molar-refractivity contribution < 1.29 is 19.4 Å². The van der Waals surface area contributed by atoms with E-state index in [9.17, 15) is 14.7 Å². The van der Waals surface area contributed by atoms with Crippen LogP contribution in [0.1, 0.15) is 35.3 Å². The van der Waals surface area contributed by atoms with Crippen molar-refractivity contribution in [2.75, 3.05) is 11.9 Å². The molecule has 0 bridgehead atoms. The third-order valence-corrected chi connectivity index (χ3v) is 3.72. The SMILES string of the molecule is CCc1cccc(CC)c1NC(=O)COC(=O)c1ccccc1O. The van der Waals surface area contributed by atoms with Crippen molar-refractivity contribution in [3.05, 3.63) is 59.2 Å². The van der Waals surface area contributed by atoms with E-state index in [2.05, 4.69) is 5.32 Å². The Bertz CT molecular complexity index is 718. The van der Waals surface area contributed by atoms with E-state index in [0.29, 0.717) is 0 Å². The Morgan fingerprint density at radius 1 is 1.00 bits per heavy atom. The first-order valence-electron chi connectivity index (χ1n) is 7.92. The number of para-hydroxylation sites is 2. The van der Waals surface area contributed by atoms with Gasteiger partial charge in [-0.05, 0) is 36.1 Å². The van der Waals surface area contributed by atoms with Gasteiger partial charge in [-0.25, -0.2) is 4.79 Å². The van der Waals surface area contributed by atoms with Crippen molar-refractivity contribution in [2.24, 2.45) is 0 Å². The molecule has 24 heavy (non-hydrogen) atoms. The number of phenolic OH excluding ortho intramolecular Hbond substituents is 1. The zero-order valence-electron chi connectivity index (χ0n) is 13.8. The molecule has 0 unspecified atom stereocenters. The lowest BCUT2D eigenvalue weighted by Gasteiger charge is -2.14. The van der Waals surface area contributed by atoms with Crippen LogP contribution in [0.25, 0.3) is 0 Å². The molecule has 0 radical (unpaired) electrons. The number of amides is 1. The Morgan fingerprint density at radius 3 is 2.21 bits per heavy atom. The van der Waals surface area contributed by atoms with Crippen LogP contribution in [0.2, 0.25) is 0 Å². The molecular formula is C19H21NO4. The molecule has 5 nitrogen and oxygen atoms in total. The lowest BCUT2D eigenvalue weighted by atomic mass is 10.0. The second-order valence-electron chi connectivity index (χ2n) is 5.30. The summed E-state index contributed by atoms with van der Waals surface area (Å²) in [5.74, 6) is -1.32. The van der Waals surface area contributed by atoms with Crippen molar-refractivity contribution in [3.8, 4) is 5.75 Å². The predicted molar refractivity (Wildman–Crippen MR) is 92.2 cm³/mol. The van der Waals surface area contributed by atoms with Crippen LogP contribution < -0.4 is 5.32 Å². The Hall–Kier alpha value is -2.82. The first-order chi connectivity index (χ1) is 11.6. The Morgan fingerprint density at radius 2 is 1.62 bits per heavy atom. The number of rotatable bonds is 6. The second-order valence-corrected chi connectivity index (χ2v) is 5.30. The molecule has 5 heteroatoms. The number of carbonyl (C=O) groups is 2. The van der Waals surface area contributed by atoms with Crippen molar-refractivity contribution >= 4 is 17.6 Å². The first kappa shape index (κ1) is 17.5. The smallest absolute Gasteiger partial charge is 0.342 e. The molecule has 0 saturated heterocycles. The fraction of sp³-hybridized carbons (Fsp3) is 0.263. The maximum Gasteiger partial charge on any atom is 0.342 e. The molecule has 0 saturated carbocycles. The van der Waals surface area contributed by atoms with Crippen LogP contribution in [0.15, 0.2) is 42.5 Å². The minimum Gasteiger partial charge on any atom is -0.507 e. The fourth-order valence-electron chi connectivity index (χ4n) is 2.43. The number of hydrogen-bond donors (Lipinski definition) is 2. The fourth-order valence-corrected chi connectivity index (χ4v) is 2.43. The van der Waals surface area contributed by atoms with Gasteiger partial charge in [0.15, 0.2) is 6.61 Å². The third kappa shape index (κ3) is 4.13. The molecule has 0 heterocycles. The van der Waals surface area contributed by atoms with Gasteiger partial charge in [0.05, 0.1) is 0 Å². The van der Waals surface area contributed by atoms with Crippen LogP contribution in [-0.2, 0) is 22.4 Å². The molecule has 2 N–H and O–H groups in total. The van der Waals surface area contributed by atoms with Crippen LogP contribution in [0.3, 0.4) is 0 Å². The van der Waals surface area contributed by atoms with Crippen LogP contribution >= 0.6 is 0 Å². The summed E-state index contributed by atoms with van der Waals surface area (Å²) in [4.78, 5) is 24.0. The molecule has 0 atom stereocenters. The van der Waals surface area contributed by atoms with Gasteiger partial charge in [0.2, 0.25) is 0 Å². The number of nitrogens with one attached hydrogen (secondary N) is 1. The molecular weight excluding hydrogens is 306 g/mol. The monoisotopic (exact) mass is 327 g/mol. The van der Waals surface area contributed by atoms with E-state index in [0.717, 1.165) is 29.7 Å². The molecule has 0 aromatic heterocycles. The van der Waals surface area contributed by atoms with E-state index in [-0.39, 0.29) is 11.3 Å². The van der Waals surface area contributed by atoms with E-state index in [1.807, 2.05) is 32.0 Å². The summed E-state index contributed by atoms with van der Waals surface area (Å²) >= 11 is 0. The average Bonchev–Trinajstić information content (AvgIpc) is 2.60. The number of carbonyl (C=O) groups excluding carboxylic acids is 2. The van der Waals surface area contributed by atoms with Gasteiger partial charge >= 0.3 is 5.97 Å². The van der Waals surface area contributed by atoms with Crippen LogP contribution in [0, 0.1) is 0 Å². The Labute approximate surface area is 141 Å². The number of benzene rings is 2. The van der Waals surface area contributed by atoms with Crippen molar-refractivity contribution in [3.63, 3.8) is 0 Å². The van der Waals surface area contributed by atoms with E-state index in [1.54, 1.807) is 12.1 Å². The summed E-state index contributed by atoms with van der Waals surface area (Å²) in [7, 11) is 0. The number of phenols is 1. The van der Waals surface area contributed by atoms with Crippen LogP contribution in [0.4, 0.5) is 5.69 Å². The molecule has 2 rings (SSSR count). The second kappa shape index (κ2) is 8.15. The number of anilines is 1. The van der Waals surface area contributed by atoms with Gasteiger partial charge in [-0.1, -0.05) is 44.2 Å².